The zero-order valence-corrected chi connectivity index (χ0v) is 11.0. The number of rotatable bonds is 6. The van der Waals surface area contributed by atoms with Crippen molar-refractivity contribution in [3.63, 3.8) is 0 Å². The van der Waals surface area contributed by atoms with Crippen molar-refractivity contribution >= 4 is 18.3 Å². The lowest BCUT2D eigenvalue weighted by molar-refractivity contribution is -0.131. The molecule has 0 aromatic heterocycles. The van der Waals surface area contributed by atoms with Crippen molar-refractivity contribution in [3.8, 4) is 0 Å². The van der Waals surface area contributed by atoms with E-state index in [1.807, 2.05) is 0 Å². The highest BCUT2D eigenvalue weighted by Gasteiger charge is 2.40. The van der Waals surface area contributed by atoms with Crippen LogP contribution in [0.15, 0.2) is 0 Å². The van der Waals surface area contributed by atoms with Crippen molar-refractivity contribution in [1.82, 2.24) is 10.6 Å². The molecule has 0 saturated carbocycles. The number of amides is 1. The molecule has 1 atom stereocenters. The summed E-state index contributed by atoms with van der Waals surface area (Å²) in [6, 6.07) is 0. The van der Waals surface area contributed by atoms with Crippen molar-refractivity contribution in [3.05, 3.63) is 0 Å². The Bertz CT molecular complexity index is 206. The molecule has 4 nitrogen and oxygen atoms in total. The summed E-state index contributed by atoms with van der Waals surface area (Å²) in [5.41, 5.74) is -0.231. The van der Waals surface area contributed by atoms with Crippen LogP contribution in [-0.4, -0.2) is 39.3 Å². The highest BCUT2D eigenvalue weighted by atomic mass is 35.5. The highest BCUT2D eigenvalue weighted by molar-refractivity contribution is 5.85. The average molecular weight is 251 g/mol. The Morgan fingerprint density at radius 3 is 2.81 bits per heavy atom. The van der Waals surface area contributed by atoms with Gasteiger partial charge in [-0.3, -0.25) is 4.79 Å². The maximum absolute atomic E-state index is 12.0. The number of methoxy groups -OCH3 is 1. The van der Waals surface area contributed by atoms with Crippen LogP contribution in [0, 0.1) is 5.41 Å². The number of halogens is 1. The minimum absolute atomic E-state index is 0. The van der Waals surface area contributed by atoms with E-state index in [9.17, 15) is 4.79 Å². The van der Waals surface area contributed by atoms with Crippen LogP contribution < -0.4 is 10.6 Å². The summed E-state index contributed by atoms with van der Waals surface area (Å²) in [6.45, 7) is 5.21. The fraction of sp³-hybridized carbons (Fsp3) is 0.909. The van der Waals surface area contributed by atoms with E-state index in [0.29, 0.717) is 6.61 Å². The molecule has 5 heteroatoms. The second-order valence-electron chi connectivity index (χ2n) is 4.21. The Morgan fingerprint density at radius 2 is 2.31 bits per heavy atom. The molecular formula is C11H23ClN2O2. The Morgan fingerprint density at radius 1 is 1.56 bits per heavy atom. The minimum Gasteiger partial charge on any atom is -0.385 e. The first-order valence-corrected chi connectivity index (χ1v) is 5.73. The van der Waals surface area contributed by atoms with E-state index in [2.05, 4.69) is 17.6 Å². The molecule has 0 aromatic rings. The van der Waals surface area contributed by atoms with Crippen LogP contribution in [0.25, 0.3) is 0 Å². The quantitative estimate of drug-likeness (QED) is 0.738. The fourth-order valence-electron chi connectivity index (χ4n) is 1.99. The van der Waals surface area contributed by atoms with E-state index in [-0.39, 0.29) is 23.7 Å². The number of nitrogens with one attached hydrogen (secondary N) is 2. The topological polar surface area (TPSA) is 50.4 Å². The average Bonchev–Trinajstić information content (AvgIpc) is 2.73. The van der Waals surface area contributed by atoms with E-state index in [0.717, 1.165) is 38.9 Å². The Kier molecular flexibility index (Phi) is 7.72. The van der Waals surface area contributed by atoms with Crippen LogP contribution in [0.1, 0.15) is 26.2 Å². The third-order valence-electron chi connectivity index (χ3n) is 3.05. The van der Waals surface area contributed by atoms with Crippen LogP contribution in [0.5, 0.6) is 0 Å². The molecule has 1 aliphatic heterocycles. The number of carbonyl (C=O) groups is 1. The first-order valence-electron chi connectivity index (χ1n) is 5.73. The molecule has 0 spiro atoms. The molecule has 2 N–H and O–H groups in total. The third kappa shape index (κ3) is 3.92. The standard InChI is InChI=1S/C11H22N2O2.ClH/c1-3-6-13-10(14)11(5-8-15-2)4-7-12-9-11;/h12H,3-9H2,1-2H3,(H,13,14);1H. The smallest absolute Gasteiger partial charge is 0.227 e. The van der Waals surface area contributed by atoms with Crippen molar-refractivity contribution in [2.75, 3.05) is 33.4 Å². The Balaban J connectivity index is 0.00000225. The molecule has 1 heterocycles. The fourth-order valence-corrected chi connectivity index (χ4v) is 1.99. The molecule has 0 bridgehead atoms. The summed E-state index contributed by atoms with van der Waals surface area (Å²) in [7, 11) is 1.68. The largest absolute Gasteiger partial charge is 0.385 e. The van der Waals surface area contributed by atoms with Gasteiger partial charge >= 0.3 is 0 Å². The lowest BCUT2D eigenvalue weighted by Crippen LogP contribution is -2.43. The third-order valence-corrected chi connectivity index (χ3v) is 3.05. The highest BCUT2D eigenvalue weighted by Crippen LogP contribution is 2.29. The van der Waals surface area contributed by atoms with Crippen LogP contribution in [0.4, 0.5) is 0 Å². The van der Waals surface area contributed by atoms with Gasteiger partial charge in [0.1, 0.15) is 0 Å². The predicted molar refractivity (Wildman–Crippen MR) is 67.0 cm³/mol. The van der Waals surface area contributed by atoms with Gasteiger partial charge in [0.15, 0.2) is 0 Å². The van der Waals surface area contributed by atoms with E-state index in [1.54, 1.807) is 7.11 Å². The summed E-state index contributed by atoms with van der Waals surface area (Å²) >= 11 is 0. The monoisotopic (exact) mass is 250 g/mol. The second kappa shape index (κ2) is 7.87. The van der Waals surface area contributed by atoms with Gasteiger partial charge in [-0.2, -0.15) is 0 Å². The van der Waals surface area contributed by atoms with Gasteiger partial charge in [0.2, 0.25) is 5.91 Å². The van der Waals surface area contributed by atoms with E-state index in [1.165, 1.54) is 0 Å². The van der Waals surface area contributed by atoms with E-state index < -0.39 is 0 Å². The molecule has 0 aromatic carbocycles. The van der Waals surface area contributed by atoms with Crippen LogP contribution in [-0.2, 0) is 9.53 Å². The van der Waals surface area contributed by atoms with Gasteiger partial charge in [-0.05, 0) is 25.8 Å². The number of ether oxygens (including phenoxy) is 1. The van der Waals surface area contributed by atoms with Gasteiger partial charge in [-0.25, -0.2) is 0 Å². The Labute approximate surface area is 104 Å². The normalized spacial score (nSPS) is 23.9. The summed E-state index contributed by atoms with van der Waals surface area (Å²) < 4.78 is 5.08. The summed E-state index contributed by atoms with van der Waals surface area (Å²) in [5, 5.41) is 6.25. The zero-order chi connectivity index (χ0) is 11.1. The number of carbonyl (C=O) groups excluding carboxylic acids is 1. The number of hydrogen-bond donors (Lipinski definition) is 2. The minimum atomic E-state index is -0.231. The second-order valence-corrected chi connectivity index (χ2v) is 4.21. The first kappa shape index (κ1) is 15.7. The lowest BCUT2D eigenvalue weighted by Gasteiger charge is -2.26. The lowest BCUT2D eigenvalue weighted by atomic mass is 9.83. The molecule has 1 aliphatic rings. The summed E-state index contributed by atoms with van der Waals surface area (Å²) in [5.74, 6) is 0.186. The van der Waals surface area contributed by atoms with E-state index in [4.69, 9.17) is 4.74 Å². The van der Waals surface area contributed by atoms with Crippen molar-refractivity contribution < 1.29 is 9.53 Å². The zero-order valence-electron chi connectivity index (χ0n) is 10.2. The van der Waals surface area contributed by atoms with Crippen LogP contribution in [0.3, 0.4) is 0 Å². The predicted octanol–water partition coefficient (Wildman–Crippen LogP) is 0.951. The van der Waals surface area contributed by atoms with Gasteiger partial charge in [0.05, 0.1) is 5.41 Å². The molecule has 0 aliphatic carbocycles. The molecule has 1 amide bonds. The van der Waals surface area contributed by atoms with Gasteiger partial charge < -0.3 is 15.4 Å². The molecular weight excluding hydrogens is 228 g/mol. The molecule has 1 rings (SSSR count). The van der Waals surface area contributed by atoms with Crippen LogP contribution >= 0.6 is 12.4 Å². The summed E-state index contributed by atoms with van der Waals surface area (Å²) in [6.07, 6.45) is 2.72. The Hall–Kier alpha value is -0.320. The number of hydrogen-bond acceptors (Lipinski definition) is 3. The SMILES string of the molecule is CCCNC(=O)C1(CCOC)CCNC1.Cl. The first-order chi connectivity index (χ1) is 7.25. The molecule has 1 saturated heterocycles. The van der Waals surface area contributed by atoms with Gasteiger partial charge in [0.25, 0.3) is 0 Å². The molecule has 96 valence electrons. The summed E-state index contributed by atoms with van der Waals surface area (Å²) in [4.78, 5) is 12.0. The molecule has 0 radical (unpaired) electrons. The maximum atomic E-state index is 12.0. The molecule has 1 unspecified atom stereocenters. The molecule has 16 heavy (non-hydrogen) atoms. The molecule has 1 fully saturated rings. The van der Waals surface area contributed by atoms with Crippen molar-refractivity contribution in [2.45, 2.75) is 26.2 Å². The van der Waals surface area contributed by atoms with E-state index >= 15 is 0 Å². The van der Waals surface area contributed by atoms with Gasteiger partial charge in [-0.15, -0.1) is 12.4 Å². The van der Waals surface area contributed by atoms with Crippen molar-refractivity contribution in [2.24, 2.45) is 5.41 Å². The van der Waals surface area contributed by atoms with Gasteiger partial charge in [-0.1, -0.05) is 6.92 Å². The van der Waals surface area contributed by atoms with Gasteiger partial charge in [0, 0.05) is 26.8 Å². The maximum Gasteiger partial charge on any atom is 0.227 e. The van der Waals surface area contributed by atoms with Crippen molar-refractivity contribution in [1.29, 1.82) is 0 Å². The van der Waals surface area contributed by atoms with Crippen LogP contribution in [0.2, 0.25) is 0 Å².